The summed E-state index contributed by atoms with van der Waals surface area (Å²) in [4.78, 5) is 18.5. The standard InChI is InChI=1S/C20H31N3O3Si/c1-22-7-5-15(6-8-22)16-12-23(14-26-9-10-27(2,3)4)20-17(13-24)18(25)11-21-19(16)20/h11-13,15,25H,5-10,14H2,1-4H3. The van der Waals surface area contributed by atoms with E-state index in [1.165, 1.54) is 6.20 Å². The molecule has 1 aliphatic heterocycles. The Bertz CT molecular complexity index is 805. The molecule has 0 spiro atoms. The van der Waals surface area contributed by atoms with Gasteiger partial charge in [0.25, 0.3) is 0 Å². The zero-order valence-electron chi connectivity index (χ0n) is 16.9. The number of hydrogen-bond acceptors (Lipinski definition) is 5. The lowest BCUT2D eigenvalue weighted by atomic mass is 9.90. The quantitative estimate of drug-likeness (QED) is 0.444. The van der Waals surface area contributed by atoms with Crippen LogP contribution in [0.3, 0.4) is 0 Å². The van der Waals surface area contributed by atoms with Crippen LogP contribution in [0.4, 0.5) is 0 Å². The van der Waals surface area contributed by atoms with Gasteiger partial charge in [0.15, 0.2) is 6.29 Å². The summed E-state index contributed by atoms with van der Waals surface area (Å²) in [6.45, 7) is 10.2. The molecular weight excluding hydrogens is 358 g/mol. The third-order valence-corrected chi connectivity index (χ3v) is 7.13. The lowest BCUT2D eigenvalue weighted by molar-refractivity contribution is 0.0899. The van der Waals surface area contributed by atoms with Crippen LogP contribution in [-0.2, 0) is 11.5 Å². The molecule has 27 heavy (non-hydrogen) atoms. The Morgan fingerprint density at radius 2 is 2.04 bits per heavy atom. The molecule has 0 amide bonds. The number of pyridine rings is 1. The number of aromatic hydroxyl groups is 1. The van der Waals surface area contributed by atoms with Crippen molar-refractivity contribution >= 4 is 25.4 Å². The fraction of sp³-hybridized carbons (Fsp3) is 0.600. The summed E-state index contributed by atoms with van der Waals surface area (Å²) in [6.07, 6.45) is 6.34. The molecule has 0 unspecified atom stereocenters. The molecule has 2 aromatic rings. The second-order valence-corrected chi connectivity index (χ2v) is 14.5. The average Bonchev–Trinajstić information content (AvgIpc) is 2.97. The lowest BCUT2D eigenvalue weighted by Gasteiger charge is -2.28. The maximum Gasteiger partial charge on any atom is 0.156 e. The van der Waals surface area contributed by atoms with E-state index in [0.717, 1.165) is 49.3 Å². The minimum atomic E-state index is -1.15. The fourth-order valence-corrected chi connectivity index (χ4v) is 4.44. The first kappa shape index (κ1) is 20.0. The molecule has 0 aliphatic carbocycles. The number of hydrogen-bond donors (Lipinski definition) is 1. The van der Waals surface area contributed by atoms with E-state index >= 15 is 0 Å². The second-order valence-electron chi connectivity index (χ2n) is 8.85. The molecule has 1 fully saturated rings. The zero-order chi connectivity index (χ0) is 19.6. The van der Waals surface area contributed by atoms with E-state index in [0.29, 0.717) is 30.3 Å². The van der Waals surface area contributed by atoms with Crippen LogP contribution in [0, 0.1) is 0 Å². The van der Waals surface area contributed by atoms with E-state index in [-0.39, 0.29) is 5.75 Å². The predicted octanol–water partition coefficient (Wildman–Crippen LogP) is 3.68. The molecule has 0 atom stereocenters. The van der Waals surface area contributed by atoms with Crippen molar-refractivity contribution in [2.24, 2.45) is 0 Å². The largest absolute Gasteiger partial charge is 0.505 e. The summed E-state index contributed by atoms with van der Waals surface area (Å²) in [5.74, 6) is 0.345. The molecule has 1 aliphatic rings. The number of carbonyl (C=O) groups is 1. The third kappa shape index (κ3) is 4.59. The summed E-state index contributed by atoms with van der Waals surface area (Å²) in [5, 5.41) is 10.1. The highest BCUT2D eigenvalue weighted by Gasteiger charge is 2.25. The van der Waals surface area contributed by atoms with E-state index in [9.17, 15) is 9.90 Å². The van der Waals surface area contributed by atoms with Gasteiger partial charge >= 0.3 is 0 Å². The normalized spacial score (nSPS) is 16.9. The Kier molecular flexibility index (Phi) is 6.03. The van der Waals surface area contributed by atoms with Crippen molar-refractivity contribution in [2.45, 2.75) is 51.2 Å². The van der Waals surface area contributed by atoms with Crippen LogP contribution in [0.15, 0.2) is 12.4 Å². The highest BCUT2D eigenvalue weighted by molar-refractivity contribution is 6.76. The van der Waals surface area contributed by atoms with Crippen LogP contribution in [-0.4, -0.2) is 60.7 Å². The van der Waals surface area contributed by atoms with Gasteiger partial charge < -0.3 is 19.3 Å². The molecule has 3 heterocycles. The fourth-order valence-electron chi connectivity index (χ4n) is 3.68. The average molecular weight is 390 g/mol. The molecule has 2 aromatic heterocycles. The van der Waals surface area contributed by atoms with Crippen molar-refractivity contribution in [1.29, 1.82) is 0 Å². The number of ether oxygens (including phenoxy) is 1. The predicted molar refractivity (Wildman–Crippen MR) is 110 cm³/mol. The van der Waals surface area contributed by atoms with Gasteiger partial charge in [0.2, 0.25) is 0 Å². The number of fused-ring (bicyclic) bond motifs is 1. The molecule has 0 aromatic carbocycles. The van der Waals surface area contributed by atoms with Crippen LogP contribution in [0.25, 0.3) is 11.0 Å². The number of likely N-dealkylation sites (tertiary alicyclic amines) is 1. The summed E-state index contributed by atoms with van der Waals surface area (Å²) in [7, 11) is 0.994. The topological polar surface area (TPSA) is 67.6 Å². The number of aromatic nitrogens is 2. The Balaban J connectivity index is 1.91. The van der Waals surface area contributed by atoms with Gasteiger partial charge in [-0.25, -0.2) is 0 Å². The Morgan fingerprint density at radius 3 is 2.67 bits per heavy atom. The molecule has 3 rings (SSSR count). The maximum absolute atomic E-state index is 11.6. The van der Waals surface area contributed by atoms with Gasteiger partial charge in [-0.05, 0) is 50.5 Å². The number of rotatable bonds is 7. The monoisotopic (exact) mass is 389 g/mol. The summed E-state index contributed by atoms with van der Waals surface area (Å²) >= 11 is 0. The zero-order valence-corrected chi connectivity index (χ0v) is 17.9. The van der Waals surface area contributed by atoms with Gasteiger partial charge in [-0.3, -0.25) is 9.78 Å². The Morgan fingerprint density at radius 1 is 1.33 bits per heavy atom. The van der Waals surface area contributed by atoms with Crippen LogP contribution < -0.4 is 0 Å². The summed E-state index contributed by atoms with van der Waals surface area (Å²) in [6, 6.07) is 1.10. The van der Waals surface area contributed by atoms with Gasteiger partial charge in [0, 0.05) is 20.9 Å². The smallest absolute Gasteiger partial charge is 0.156 e. The van der Waals surface area contributed by atoms with Gasteiger partial charge in [0.1, 0.15) is 12.5 Å². The second kappa shape index (κ2) is 8.12. The van der Waals surface area contributed by atoms with E-state index < -0.39 is 8.07 Å². The van der Waals surface area contributed by atoms with Crippen molar-refractivity contribution < 1.29 is 14.6 Å². The van der Waals surface area contributed by atoms with Crippen molar-refractivity contribution in [1.82, 2.24) is 14.5 Å². The van der Waals surface area contributed by atoms with E-state index in [1.807, 2.05) is 4.57 Å². The molecule has 1 saturated heterocycles. The molecule has 0 saturated carbocycles. The Hall–Kier alpha value is -1.70. The van der Waals surface area contributed by atoms with Gasteiger partial charge in [0.05, 0.1) is 22.8 Å². The molecule has 6 nitrogen and oxygen atoms in total. The van der Waals surface area contributed by atoms with Crippen LogP contribution in [0.5, 0.6) is 5.75 Å². The summed E-state index contributed by atoms with van der Waals surface area (Å²) in [5.41, 5.74) is 2.97. The number of nitrogens with zero attached hydrogens (tertiary/aromatic N) is 3. The van der Waals surface area contributed by atoms with Crippen LogP contribution in [0.2, 0.25) is 25.7 Å². The maximum atomic E-state index is 11.6. The Labute approximate surface area is 162 Å². The molecule has 1 N–H and O–H groups in total. The van der Waals surface area contributed by atoms with Crippen molar-refractivity contribution in [2.75, 3.05) is 26.7 Å². The minimum Gasteiger partial charge on any atom is -0.505 e. The van der Waals surface area contributed by atoms with Gasteiger partial charge in [-0.2, -0.15) is 0 Å². The van der Waals surface area contributed by atoms with Crippen LogP contribution >= 0.6 is 0 Å². The SMILES string of the molecule is CN1CCC(c2cn(COCC[Si](C)(C)C)c3c(C=O)c(O)cnc23)CC1. The number of piperidine rings is 1. The highest BCUT2D eigenvalue weighted by Crippen LogP contribution is 2.36. The first-order valence-electron chi connectivity index (χ1n) is 9.72. The van der Waals surface area contributed by atoms with E-state index in [2.05, 4.69) is 42.8 Å². The lowest BCUT2D eigenvalue weighted by Crippen LogP contribution is -2.29. The summed E-state index contributed by atoms with van der Waals surface area (Å²) < 4.78 is 7.87. The highest BCUT2D eigenvalue weighted by atomic mass is 28.3. The minimum absolute atomic E-state index is 0.0751. The van der Waals surface area contributed by atoms with E-state index in [4.69, 9.17) is 4.74 Å². The number of aldehydes is 1. The molecular formula is C20H31N3O3Si. The van der Waals surface area contributed by atoms with Crippen molar-refractivity contribution in [3.63, 3.8) is 0 Å². The van der Waals surface area contributed by atoms with E-state index in [1.54, 1.807) is 0 Å². The van der Waals surface area contributed by atoms with Crippen molar-refractivity contribution in [3.8, 4) is 5.75 Å². The van der Waals surface area contributed by atoms with Crippen LogP contribution in [0.1, 0.15) is 34.7 Å². The van der Waals surface area contributed by atoms with Gasteiger partial charge in [-0.15, -0.1) is 0 Å². The molecule has 148 valence electrons. The first-order chi connectivity index (χ1) is 12.8. The third-order valence-electron chi connectivity index (χ3n) is 5.43. The number of carbonyl (C=O) groups excluding carboxylic acids is 1. The molecule has 0 bridgehead atoms. The molecule has 7 heteroatoms. The van der Waals surface area contributed by atoms with Gasteiger partial charge in [-0.1, -0.05) is 19.6 Å². The first-order valence-corrected chi connectivity index (χ1v) is 13.4. The van der Waals surface area contributed by atoms with Crippen molar-refractivity contribution in [3.05, 3.63) is 23.5 Å². The molecule has 0 radical (unpaired) electrons.